The highest BCUT2D eigenvalue weighted by Crippen LogP contribution is 2.30. The van der Waals surface area contributed by atoms with E-state index < -0.39 is 0 Å². The lowest BCUT2D eigenvalue weighted by atomic mass is 9.95. The number of aryl methyl sites for hydroxylation is 1. The minimum Gasteiger partial charge on any atom is -0.360 e. The predicted molar refractivity (Wildman–Crippen MR) is 85.6 cm³/mol. The predicted octanol–water partition coefficient (Wildman–Crippen LogP) is 4.05. The molecule has 0 unspecified atom stereocenters. The van der Waals surface area contributed by atoms with Gasteiger partial charge in [0.1, 0.15) is 17.0 Å². The second-order valence-corrected chi connectivity index (χ2v) is 6.17. The molecule has 1 aliphatic rings. The Kier molecular flexibility index (Phi) is 4.01. The summed E-state index contributed by atoms with van der Waals surface area (Å²) >= 11 is 0. The van der Waals surface area contributed by atoms with Crippen molar-refractivity contribution in [2.24, 2.45) is 0 Å². The summed E-state index contributed by atoms with van der Waals surface area (Å²) < 4.78 is 5.33. The van der Waals surface area contributed by atoms with Crippen molar-refractivity contribution in [2.45, 2.75) is 52.1 Å². The molecular weight excluding hydrogens is 276 g/mol. The van der Waals surface area contributed by atoms with Crippen LogP contribution in [0.2, 0.25) is 0 Å². The van der Waals surface area contributed by atoms with Crippen molar-refractivity contribution in [2.75, 3.05) is 0 Å². The number of aromatic nitrogens is 1. The number of carbonyl (C=O) groups is 1. The Bertz CT molecular complexity index is 653. The smallest absolute Gasteiger partial charge is 0.260 e. The van der Waals surface area contributed by atoms with E-state index in [-0.39, 0.29) is 18.0 Å². The molecule has 1 aromatic carbocycles. The molecular formula is C18H22N2O2. The van der Waals surface area contributed by atoms with E-state index in [0.29, 0.717) is 17.0 Å². The number of carbonyl (C=O) groups excluding carboxylic acids is 1. The molecule has 2 aromatic rings. The van der Waals surface area contributed by atoms with Crippen LogP contribution in [0.15, 0.2) is 34.9 Å². The molecule has 4 heteroatoms. The monoisotopic (exact) mass is 298 g/mol. The summed E-state index contributed by atoms with van der Waals surface area (Å²) in [7, 11) is 0. The molecule has 2 atom stereocenters. The third-order valence-corrected chi connectivity index (χ3v) is 4.55. The number of hydrogen-bond donors (Lipinski definition) is 0. The first kappa shape index (κ1) is 14.8. The summed E-state index contributed by atoms with van der Waals surface area (Å²) in [6, 6.07) is 10.3. The van der Waals surface area contributed by atoms with Crippen molar-refractivity contribution in [1.82, 2.24) is 10.1 Å². The fourth-order valence-electron chi connectivity index (χ4n) is 3.37. The molecule has 0 N–H and O–H groups in total. The Hall–Kier alpha value is -2.10. The maximum Gasteiger partial charge on any atom is 0.260 e. The summed E-state index contributed by atoms with van der Waals surface area (Å²) in [6.07, 6.45) is 3.29. The van der Waals surface area contributed by atoms with E-state index in [1.165, 1.54) is 6.42 Å². The van der Waals surface area contributed by atoms with Gasteiger partial charge in [-0.15, -0.1) is 0 Å². The summed E-state index contributed by atoms with van der Waals surface area (Å²) in [6.45, 7) is 6.06. The van der Waals surface area contributed by atoms with E-state index in [1.54, 1.807) is 0 Å². The number of likely N-dealkylation sites (tertiary alicyclic amines) is 1. The normalized spacial score (nSPS) is 21.9. The van der Waals surface area contributed by atoms with Gasteiger partial charge < -0.3 is 9.42 Å². The van der Waals surface area contributed by atoms with Gasteiger partial charge in [0.2, 0.25) is 0 Å². The van der Waals surface area contributed by atoms with Crippen LogP contribution in [0.3, 0.4) is 0 Å². The first-order chi connectivity index (χ1) is 10.6. The molecule has 1 fully saturated rings. The van der Waals surface area contributed by atoms with Gasteiger partial charge in [-0.25, -0.2) is 0 Å². The Morgan fingerprint density at radius 1 is 1.18 bits per heavy atom. The number of piperidine rings is 1. The van der Waals surface area contributed by atoms with Gasteiger partial charge in [-0.1, -0.05) is 35.5 Å². The van der Waals surface area contributed by atoms with Crippen molar-refractivity contribution >= 4 is 5.91 Å². The van der Waals surface area contributed by atoms with Crippen LogP contribution in [-0.4, -0.2) is 28.0 Å². The fourth-order valence-corrected chi connectivity index (χ4v) is 3.37. The lowest BCUT2D eigenvalue weighted by Gasteiger charge is -2.39. The van der Waals surface area contributed by atoms with E-state index in [1.807, 2.05) is 42.2 Å². The molecule has 4 nitrogen and oxygen atoms in total. The number of nitrogens with zero attached hydrogens (tertiary/aromatic N) is 2. The highest BCUT2D eigenvalue weighted by Gasteiger charge is 2.33. The molecule has 0 spiro atoms. The van der Waals surface area contributed by atoms with Crippen molar-refractivity contribution < 1.29 is 9.32 Å². The summed E-state index contributed by atoms with van der Waals surface area (Å²) in [4.78, 5) is 15.1. The highest BCUT2D eigenvalue weighted by atomic mass is 16.5. The van der Waals surface area contributed by atoms with Crippen LogP contribution in [0.1, 0.15) is 49.2 Å². The van der Waals surface area contributed by atoms with Crippen molar-refractivity contribution in [3.05, 3.63) is 41.7 Å². The van der Waals surface area contributed by atoms with Crippen molar-refractivity contribution in [3.8, 4) is 11.3 Å². The molecule has 0 aliphatic carbocycles. The van der Waals surface area contributed by atoms with Crippen molar-refractivity contribution in [3.63, 3.8) is 0 Å². The first-order valence-electron chi connectivity index (χ1n) is 7.94. The molecule has 1 amide bonds. The van der Waals surface area contributed by atoms with Crippen LogP contribution in [0.25, 0.3) is 11.3 Å². The van der Waals surface area contributed by atoms with Crippen molar-refractivity contribution in [1.29, 1.82) is 0 Å². The highest BCUT2D eigenvalue weighted by molar-refractivity contribution is 6.01. The van der Waals surface area contributed by atoms with E-state index in [9.17, 15) is 4.79 Å². The number of rotatable bonds is 2. The van der Waals surface area contributed by atoms with Gasteiger partial charge >= 0.3 is 0 Å². The van der Waals surface area contributed by atoms with Gasteiger partial charge in [0, 0.05) is 17.6 Å². The van der Waals surface area contributed by atoms with Gasteiger partial charge in [-0.05, 0) is 40.0 Å². The summed E-state index contributed by atoms with van der Waals surface area (Å²) in [5.41, 5.74) is 2.17. The maximum atomic E-state index is 13.1. The molecule has 1 aromatic heterocycles. The van der Waals surface area contributed by atoms with Crippen LogP contribution in [0.5, 0.6) is 0 Å². The lowest BCUT2D eigenvalue weighted by molar-refractivity contribution is 0.0509. The zero-order valence-electron chi connectivity index (χ0n) is 13.4. The zero-order chi connectivity index (χ0) is 15.7. The number of benzene rings is 1. The molecule has 116 valence electrons. The van der Waals surface area contributed by atoms with Gasteiger partial charge in [0.15, 0.2) is 0 Å². The number of hydrogen-bond acceptors (Lipinski definition) is 3. The van der Waals surface area contributed by atoms with E-state index in [4.69, 9.17) is 4.52 Å². The lowest BCUT2D eigenvalue weighted by Crippen LogP contribution is -2.47. The summed E-state index contributed by atoms with van der Waals surface area (Å²) in [5, 5.41) is 4.13. The zero-order valence-corrected chi connectivity index (χ0v) is 13.4. The third kappa shape index (κ3) is 2.54. The number of amides is 1. The van der Waals surface area contributed by atoms with Gasteiger partial charge in [0.25, 0.3) is 5.91 Å². The van der Waals surface area contributed by atoms with Gasteiger partial charge in [-0.2, -0.15) is 0 Å². The Balaban J connectivity index is 2.01. The summed E-state index contributed by atoms with van der Waals surface area (Å²) in [5.74, 6) is 0.631. The van der Waals surface area contributed by atoms with E-state index >= 15 is 0 Å². The van der Waals surface area contributed by atoms with Crippen LogP contribution >= 0.6 is 0 Å². The fraction of sp³-hybridized carbons (Fsp3) is 0.444. The average molecular weight is 298 g/mol. The third-order valence-electron chi connectivity index (χ3n) is 4.55. The SMILES string of the molecule is Cc1onc(-c2ccccc2)c1C(=O)N1[C@@H](C)CCC[C@@H]1C. The van der Waals surface area contributed by atoms with Gasteiger partial charge in [-0.3, -0.25) is 4.79 Å². The van der Waals surface area contributed by atoms with E-state index in [0.717, 1.165) is 18.4 Å². The molecule has 0 bridgehead atoms. The van der Waals surface area contributed by atoms with Crippen LogP contribution in [-0.2, 0) is 0 Å². The quantitative estimate of drug-likeness (QED) is 0.840. The van der Waals surface area contributed by atoms with E-state index in [2.05, 4.69) is 19.0 Å². The molecule has 0 radical (unpaired) electrons. The molecule has 1 aliphatic heterocycles. The molecule has 3 rings (SSSR count). The largest absolute Gasteiger partial charge is 0.360 e. The minimum absolute atomic E-state index is 0.0392. The Morgan fingerprint density at radius 2 is 1.82 bits per heavy atom. The maximum absolute atomic E-state index is 13.1. The Morgan fingerprint density at radius 3 is 2.45 bits per heavy atom. The Labute approximate surface area is 131 Å². The average Bonchev–Trinajstić information content (AvgIpc) is 2.89. The topological polar surface area (TPSA) is 46.3 Å². The van der Waals surface area contributed by atoms with Crippen LogP contribution in [0, 0.1) is 6.92 Å². The van der Waals surface area contributed by atoms with Gasteiger partial charge in [0.05, 0.1) is 0 Å². The standard InChI is InChI=1S/C18H22N2O2/c1-12-8-7-9-13(2)20(12)18(21)16-14(3)22-19-17(16)15-10-5-4-6-11-15/h4-6,10-13H,7-9H2,1-3H3/t12-,13-/m0/s1. The second-order valence-electron chi connectivity index (χ2n) is 6.17. The second kappa shape index (κ2) is 5.95. The minimum atomic E-state index is 0.0392. The van der Waals surface area contributed by atoms with Crippen LogP contribution < -0.4 is 0 Å². The first-order valence-corrected chi connectivity index (χ1v) is 7.94. The molecule has 1 saturated heterocycles. The molecule has 2 heterocycles. The molecule has 22 heavy (non-hydrogen) atoms. The van der Waals surface area contributed by atoms with Crippen LogP contribution in [0.4, 0.5) is 0 Å². The molecule has 0 saturated carbocycles.